The van der Waals surface area contributed by atoms with Gasteiger partial charge in [0.1, 0.15) is 0 Å². The van der Waals surface area contributed by atoms with Crippen molar-refractivity contribution < 1.29 is 0 Å². The molecular weight excluding hydrogens is 254 g/mol. The highest BCUT2D eigenvalue weighted by Crippen LogP contribution is 2.37. The second kappa shape index (κ2) is 5.01. The zero-order chi connectivity index (χ0) is 14.2. The summed E-state index contributed by atoms with van der Waals surface area (Å²) < 4.78 is 0. The van der Waals surface area contributed by atoms with E-state index in [1.807, 2.05) is 7.05 Å². The van der Waals surface area contributed by atoms with E-state index in [0.717, 1.165) is 6.54 Å². The predicted octanol–water partition coefficient (Wildman–Crippen LogP) is 4.32. The first-order valence-electron chi connectivity index (χ1n) is 7.64. The van der Waals surface area contributed by atoms with Gasteiger partial charge in [-0.1, -0.05) is 48.5 Å². The average molecular weight is 273 g/mol. The van der Waals surface area contributed by atoms with E-state index in [9.17, 15) is 0 Å². The number of hydrogen-bond donors (Lipinski definition) is 1. The van der Waals surface area contributed by atoms with Crippen molar-refractivity contribution >= 4 is 10.8 Å². The first-order chi connectivity index (χ1) is 10.4. The van der Waals surface area contributed by atoms with Gasteiger partial charge in [-0.2, -0.15) is 0 Å². The maximum Gasteiger partial charge on any atom is 0.0202 e. The predicted molar refractivity (Wildman–Crippen MR) is 89.6 cm³/mol. The fraction of sp³-hybridized carbons (Fsp3) is 0.200. The van der Waals surface area contributed by atoms with E-state index in [1.54, 1.807) is 0 Å². The van der Waals surface area contributed by atoms with Crippen LogP contribution in [0.1, 0.15) is 16.7 Å². The Hall–Kier alpha value is -2.12. The third-order valence-corrected chi connectivity index (χ3v) is 4.50. The molecule has 104 valence electrons. The highest BCUT2D eigenvalue weighted by molar-refractivity contribution is 6.01. The van der Waals surface area contributed by atoms with Crippen LogP contribution in [-0.2, 0) is 19.4 Å². The van der Waals surface area contributed by atoms with Crippen LogP contribution in [-0.4, -0.2) is 7.05 Å². The van der Waals surface area contributed by atoms with Gasteiger partial charge in [-0.15, -0.1) is 0 Å². The highest BCUT2D eigenvalue weighted by atomic mass is 14.8. The van der Waals surface area contributed by atoms with Crippen LogP contribution in [0.5, 0.6) is 0 Å². The SMILES string of the molecule is CNCc1cccc(-c2ccc3c4c(cccc24)CC3)c1. The van der Waals surface area contributed by atoms with Crippen molar-refractivity contribution in [2.75, 3.05) is 7.05 Å². The largest absolute Gasteiger partial charge is 0.316 e. The monoisotopic (exact) mass is 273 g/mol. The van der Waals surface area contributed by atoms with E-state index in [4.69, 9.17) is 0 Å². The lowest BCUT2D eigenvalue weighted by atomic mass is 9.94. The zero-order valence-corrected chi connectivity index (χ0v) is 12.3. The Kier molecular flexibility index (Phi) is 3.01. The molecule has 1 aliphatic carbocycles. The quantitative estimate of drug-likeness (QED) is 0.749. The number of nitrogens with one attached hydrogen (secondary N) is 1. The summed E-state index contributed by atoms with van der Waals surface area (Å²) in [5.41, 5.74) is 7.03. The summed E-state index contributed by atoms with van der Waals surface area (Å²) in [6.07, 6.45) is 2.38. The number of hydrogen-bond acceptors (Lipinski definition) is 1. The molecule has 1 aliphatic rings. The molecule has 0 radical (unpaired) electrons. The van der Waals surface area contributed by atoms with Gasteiger partial charge >= 0.3 is 0 Å². The molecule has 0 amide bonds. The Morgan fingerprint density at radius 1 is 0.905 bits per heavy atom. The lowest BCUT2D eigenvalue weighted by Gasteiger charge is -2.10. The van der Waals surface area contributed by atoms with Gasteiger partial charge in [0.15, 0.2) is 0 Å². The van der Waals surface area contributed by atoms with Gasteiger partial charge in [-0.25, -0.2) is 0 Å². The molecule has 0 saturated heterocycles. The first kappa shape index (κ1) is 12.6. The molecule has 0 atom stereocenters. The van der Waals surface area contributed by atoms with Crippen LogP contribution in [0.25, 0.3) is 21.9 Å². The second-order valence-electron chi connectivity index (χ2n) is 5.84. The van der Waals surface area contributed by atoms with Crippen molar-refractivity contribution in [3.63, 3.8) is 0 Å². The molecular formula is C20H19N. The molecule has 3 aromatic carbocycles. The van der Waals surface area contributed by atoms with Gasteiger partial charge in [-0.3, -0.25) is 0 Å². The fourth-order valence-corrected chi connectivity index (χ4v) is 3.55. The fourth-order valence-electron chi connectivity index (χ4n) is 3.55. The minimum atomic E-state index is 0.912. The maximum atomic E-state index is 3.23. The van der Waals surface area contributed by atoms with Crippen LogP contribution < -0.4 is 5.32 Å². The molecule has 0 unspecified atom stereocenters. The molecule has 4 rings (SSSR count). The third-order valence-electron chi connectivity index (χ3n) is 4.50. The van der Waals surface area contributed by atoms with Crippen molar-refractivity contribution in [1.29, 1.82) is 0 Å². The molecule has 0 heterocycles. The normalized spacial score (nSPS) is 13.0. The molecule has 1 heteroatoms. The molecule has 0 aliphatic heterocycles. The molecule has 3 aromatic rings. The maximum absolute atomic E-state index is 3.23. The summed E-state index contributed by atoms with van der Waals surface area (Å²) in [7, 11) is 1.99. The zero-order valence-electron chi connectivity index (χ0n) is 12.3. The summed E-state index contributed by atoms with van der Waals surface area (Å²) in [5.74, 6) is 0. The Labute approximate surface area is 125 Å². The van der Waals surface area contributed by atoms with Crippen molar-refractivity contribution in [2.24, 2.45) is 0 Å². The number of benzene rings is 3. The summed E-state index contributed by atoms with van der Waals surface area (Å²) in [4.78, 5) is 0. The van der Waals surface area contributed by atoms with E-state index >= 15 is 0 Å². The minimum absolute atomic E-state index is 0.912. The lowest BCUT2D eigenvalue weighted by Crippen LogP contribution is -2.04. The molecule has 21 heavy (non-hydrogen) atoms. The van der Waals surface area contributed by atoms with Crippen LogP contribution in [0, 0.1) is 0 Å². The summed E-state index contributed by atoms with van der Waals surface area (Å²) in [6, 6.07) is 20.2. The average Bonchev–Trinajstić information content (AvgIpc) is 2.94. The highest BCUT2D eigenvalue weighted by Gasteiger charge is 2.16. The van der Waals surface area contributed by atoms with Crippen molar-refractivity contribution in [3.05, 3.63) is 71.3 Å². The van der Waals surface area contributed by atoms with E-state index in [-0.39, 0.29) is 0 Å². The van der Waals surface area contributed by atoms with E-state index in [2.05, 4.69) is 59.9 Å². The van der Waals surface area contributed by atoms with E-state index < -0.39 is 0 Å². The number of aryl methyl sites for hydroxylation is 2. The summed E-state index contributed by atoms with van der Waals surface area (Å²) in [6.45, 7) is 0.912. The van der Waals surface area contributed by atoms with Gasteiger partial charge in [0.2, 0.25) is 0 Å². The molecule has 0 bridgehead atoms. The molecule has 0 aromatic heterocycles. The third kappa shape index (κ3) is 2.05. The Morgan fingerprint density at radius 3 is 2.57 bits per heavy atom. The summed E-state index contributed by atoms with van der Waals surface area (Å²) >= 11 is 0. The van der Waals surface area contributed by atoms with Gasteiger partial charge in [0, 0.05) is 6.54 Å². The number of rotatable bonds is 3. The molecule has 0 spiro atoms. The first-order valence-corrected chi connectivity index (χ1v) is 7.64. The van der Waals surface area contributed by atoms with Crippen molar-refractivity contribution in [1.82, 2.24) is 5.32 Å². The molecule has 0 saturated carbocycles. The van der Waals surface area contributed by atoms with Crippen LogP contribution in [0.3, 0.4) is 0 Å². The van der Waals surface area contributed by atoms with Crippen molar-refractivity contribution in [2.45, 2.75) is 19.4 Å². The van der Waals surface area contributed by atoms with Crippen molar-refractivity contribution in [3.8, 4) is 11.1 Å². The van der Waals surface area contributed by atoms with Crippen LogP contribution >= 0.6 is 0 Å². The van der Waals surface area contributed by atoms with Crippen LogP contribution in [0.4, 0.5) is 0 Å². The smallest absolute Gasteiger partial charge is 0.0202 e. The van der Waals surface area contributed by atoms with E-state index in [0.29, 0.717) is 0 Å². The lowest BCUT2D eigenvalue weighted by molar-refractivity contribution is 0.818. The minimum Gasteiger partial charge on any atom is -0.316 e. The van der Waals surface area contributed by atoms with E-state index in [1.165, 1.54) is 51.4 Å². The topological polar surface area (TPSA) is 12.0 Å². The van der Waals surface area contributed by atoms with Gasteiger partial charge in [-0.05, 0) is 64.5 Å². The standard InChI is InChI=1S/C20H19N/c1-21-13-14-4-2-6-17(12-14)18-11-10-16-9-8-15-5-3-7-19(18)20(15)16/h2-7,10-12,21H,8-9,13H2,1H3. The van der Waals surface area contributed by atoms with Gasteiger partial charge < -0.3 is 5.32 Å². The van der Waals surface area contributed by atoms with Gasteiger partial charge in [0.25, 0.3) is 0 Å². The second-order valence-corrected chi connectivity index (χ2v) is 5.84. The summed E-state index contributed by atoms with van der Waals surface area (Å²) in [5, 5.41) is 6.13. The van der Waals surface area contributed by atoms with Gasteiger partial charge in [0.05, 0.1) is 0 Å². The molecule has 1 nitrogen and oxygen atoms in total. The Morgan fingerprint density at radius 2 is 1.71 bits per heavy atom. The van der Waals surface area contributed by atoms with Crippen LogP contribution in [0.15, 0.2) is 54.6 Å². The Bertz CT molecular complexity index is 807. The molecule has 0 fully saturated rings. The van der Waals surface area contributed by atoms with Crippen LogP contribution in [0.2, 0.25) is 0 Å². The Balaban J connectivity index is 1.94. The molecule has 1 N–H and O–H groups in total.